The van der Waals surface area contributed by atoms with E-state index in [0.29, 0.717) is 6.42 Å². The zero-order valence-electron chi connectivity index (χ0n) is 15.2. The van der Waals surface area contributed by atoms with E-state index in [9.17, 15) is 22.4 Å². The lowest BCUT2D eigenvalue weighted by molar-refractivity contribution is 0.0519. The lowest BCUT2D eigenvalue weighted by Crippen LogP contribution is -2.52. The maximum absolute atomic E-state index is 14.2. The van der Waals surface area contributed by atoms with Crippen LogP contribution in [0.1, 0.15) is 40.5 Å². The van der Waals surface area contributed by atoms with Crippen molar-refractivity contribution in [3.8, 4) is 0 Å². The Bertz CT molecular complexity index is 653. The highest BCUT2D eigenvalue weighted by molar-refractivity contribution is 5.67. The van der Waals surface area contributed by atoms with Crippen LogP contribution in [0.3, 0.4) is 0 Å². The summed E-state index contributed by atoms with van der Waals surface area (Å²) in [5.41, 5.74) is -1.49. The van der Waals surface area contributed by atoms with Crippen molar-refractivity contribution in [2.24, 2.45) is 5.92 Å². The van der Waals surface area contributed by atoms with Crippen LogP contribution in [-0.4, -0.2) is 35.8 Å². The summed E-state index contributed by atoms with van der Waals surface area (Å²) < 4.78 is 60.4. The SMILES string of the molecule is CC1CCCN(c2c(F)c(F)nc(F)c2F)C1CNC(=O)OC(C)(C)C. The second kappa shape index (κ2) is 7.67. The first-order valence-corrected chi connectivity index (χ1v) is 8.44. The van der Waals surface area contributed by atoms with E-state index in [4.69, 9.17) is 4.74 Å². The molecule has 1 fully saturated rings. The molecule has 1 amide bonds. The van der Waals surface area contributed by atoms with Crippen LogP contribution in [0.4, 0.5) is 28.0 Å². The number of amides is 1. The molecule has 0 spiro atoms. The highest BCUT2D eigenvalue weighted by atomic mass is 19.2. The summed E-state index contributed by atoms with van der Waals surface area (Å²) in [6, 6.07) is -0.554. The summed E-state index contributed by atoms with van der Waals surface area (Å²) >= 11 is 0. The number of ether oxygens (including phenoxy) is 1. The molecule has 1 aliphatic rings. The second-order valence-electron chi connectivity index (χ2n) is 7.43. The first-order valence-electron chi connectivity index (χ1n) is 8.44. The summed E-state index contributed by atoms with van der Waals surface area (Å²) in [6.07, 6.45) is 0.661. The number of nitrogens with one attached hydrogen (secondary N) is 1. The van der Waals surface area contributed by atoms with Crippen LogP contribution in [-0.2, 0) is 4.74 Å². The minimum Gasteiger partial charge on any atom is -0.444 e. The Balaban J connectivity index is 2.25. The molecule has 0 radical (unpaired) electrons. The van der Waals surface area contributed by atoms with Gasteiger partial charge < -0.3 is 15.0 Å². The summed E-state index contributed by atoms with van der Waals surface area (Å²) in [7, 11) is 0. The van der Waals surface area contributed by atoms with Gasteiger partial charge in [-0.15, -0.1) is 0 Å². The van der Waals surface area contributed by atoms with Crippen molar-refractivity contribution in [1.82, 2.24) is 10.3 Å². The smallest absolute Gasteiger partial charge is 0.407 e. The normalized spacial score (nSPS) is 20.8. The molecule has 0 aromatic carbocycles. The molecule has 1 N–H and O–H groups in total. The minimum atomic E-state index is -1.70. The lowest BCUT2D eigenvalue weighted by atomic mass is 9.90. The molecule has 146 valence electrons. The zero-order valence-corrected chi connectivity index (χ0v) is 15.2. The lowest BCUT2D eigenvalue weighted by Gasteiger charge is -2.41. The summed E-state index contributed by atoms with van der Waals surface area (Å²) in [6.45, 7) is 7.17. The van der Waals surface area contributed by atoms with Gasteiger partial charge in [0.2, 0.25) is 11.6 Å². The van der Waals surface area contributed by atoms with Crippen LogP contribution in [0, 0.1) is 29.4 Å². The number of carbonyl (C=O) groups excluding carboxylic acids is 1. The van der Waals surface area contributed by atoms with Crippen LogP contribution in [0.2, 0.25) is 0 Å². The largest absolute Gasteiger partial charge is 0.444 e. The number of rotatable bonds is 3. The molecule has 26 heavy (non-hydrogen) atoms. The quantitative estimate of drug-likeness (QED) is 0.644. The highest BCUT2D eigenvalue weighted by Crippen LogP contribution is 2.33. The molecule has 2 atom stereocenters. The fourth-order valence-electron chi connectivity index (χ4n) is 3.07. The number of hydrogen-bond donors (Lipinski definition) is 1. The van der Waals surface area contributed by atoms with Crippen molar-refractivity contribution in [3.63, 3.8) is 0 Å². The van der Waals surface area contributed by atoms with E-state index in [0.717, 1.165) is 6.42 Å². The van der Waals surface area contributed by atoms with Gasteiger partial charge in [-0.1, -0.05) is 6.92 Å². The Morgan fingerprint density at radius 1 is 1.23 bits per heavy atom. The Morgan fingerprint density at radius 2 is 1.81 bits per heavy atom. The van der Waals surface area contributed by atoms with Gasteiger partial charge in [-0.05, 0) is 39.5 Å². The Morgan fingerprint density at radius 3 is 2.35 bits per heavy atom. The van der Waals surface area contributed by atoms with E-state index in [2.05, 4.69) is 10.3 Å². The van der Waals surface area contributed by atoms with E-state index in [1.807, 2.05) is 6.92 Å². The van der Waals surface area contributed by atoms with Gasteiger partial charge in [-0.3, -0.25) is 0 Å². The molecule has 1 aliphatic heterocycles. The molecule has 0 aliphatic carbocycles. The standard InChI is InChI=1S/C17H23F4N3O2/c1-9-6-5-7-24(10(9)8-22-16(25)26-17(2,3)4)13-11(18)14(20)23-15(21)12(13)19/h9-10H,5-8H2,1-4H3,(H,22,25). The Kier molecular flexibility index (Phi) is 5.98. The number of piperidine rings is 1. The first-order chi connectivity index (χ1) is 12.0. The van der Waals surface area contributed by atoms with Crippen molar-refractivity contribution >= 4 is 11.8 Å². The third-order valence-corrected chi connectivity index (χ3v) is 4.23. The van der Waals surface area contributed by atoms with Gasteiger partial charge in [0.15, 0.2) is 0 Å². The average Bonchev–Trinajstić information content (AvgIpc) is 2.51. The van der Waals surface area contributed by atoms with Gasteiger partial charge in [0.1, 0.15) is 11.3 Å². The molecular weight excluding hydrogens is 354 g/mol. The number of alkyl carbamates (subject to hydrolysis) is 1. The molecule has 0 bridgehead atoms. The molecule has 0 saturated carbocycles. The molecule has 1 saturated heterocycles. The number of aromatic nitrogens is 1. The third-order valence-electron chi connectivity index (χ3n) is 4.23. The molecule has 9 heteroatoms. The molecule has 2 rings (SSSR count). The number of anilines is 1. The third kappa shape index (κ3) is 4.56. The fraction of sp³-hybridized carbons (Fsp3) is 0.647. The maximum Gasteiger partial charge on any atom is 0.407 e. The van der Waals surface area contributed by atoms with Gasteiger partial charge in [0.25, 0.3) is 11.9 Å². The summed E-state index contributed by atoms with van der Waals surface area (Å²) in [5.74, 6) is -6.55. The maximum atomic E-state index is 14.2. The van der Waals surface area contributed by atoms with Crippen molar-refractivity contribution in [1.29, 1.82) is 0 Å². The van der Waals surface area contributed by atoms with Crippen molar-refractivity contribution in [3.05, 3.63) is 23.5 Å². The van der Waals surface area contributed by atoms with Gasteiger partial charge >= 0.3 is 6.09 Å². The highest BCUT2D eigenvalue weighted by Gasteiger charge is 2.35. The zero-order chi connectivity index (χ0) is 19.6. The summed E-state index contributed by atoms with van der Waals surface area (Å²) in [5, 5.41) is 2.56. The van der Waals surface area contributed by atoms with E-state index < -0.39 is 47.0 Å². The number of nitrogens with zero attached hydrogens (tertiary/aromatic N) is 2. The van der Waals surface area contributed by atoms with Crippen molar-refractivity contribution in [2.75, 3.05) is 18.0 Å². The molecule has 2 unspecified atom stereocenters. The van der Waals surface area contributed by atoms with Crippen LogP contribution >= 0.6 is 0 Å². The predicted octanol–water partition coefficient (Wildman–Crippen LogP) is 3.77. The van der Waals surface area contributed by atoms with E-state index in [1.54, 1.807) is 20.8 Å². The number of hydrogen-bond acceptors (Lipinski definition) is 4. The van der Waals surface area contributed by atoms with Crippen LogP contribution < -0.4 is 10.2 Å². The van der Waals surface area contributed by atoms with Crippen LogP contribution in [0.25, 0.3) is 0 Å². The number of halogens is 4. The second-order valence-corrected chi connectivity index (χ2v) is 7.43. The topological polar surface area (TPSA) is 54.5 Å². The Hall–Kier alpha value is -2.06. The van der Waals surface area contributed by atoms with Crippen LogP contribution in [0.15, 0.2) is 0 Å². The Labute approximate surface area is 149 Å². The van der Waals surface area contributed by atoms with Gasteiger partial charge in [-0.2, -0.15) is 22.5 Å². The van der Waals surface area contributed by atoms with E-state index >= 15 is 0 Å². The summed E-state index contributed by atoms with van der Waals surface area (Å²) in [4.78, 5) is 15.7. The monoisotopic (exact) mass is 377 g/mol. The molecule has 1 aromatic rings. The van der Waals surface area contributed by atoms with Gasteiger partial charge in [0.05, 0.1) is 0 Å². The number of pyridine rings is 1. The minimum absolute atomic E-state index is 0.0144. The van der Waals surface area contributed by atoms with Crippen molar-refractivity contribution in [2.45, 2.75) is 52.2 Å². The number of carbonyl (C=O) groups is 1. The van der Waals surface area contributed by atoms with Crippen LogP contribution in [0.5, 0.6) is 0 Å². The fourth-order valence-corrected chi connectivity index (χ4v) is 3.07. The van der Waals surface area contributed by atoms with E-state index in [1.165, 1.54) is 4.90 Å². The molecule has 1 aromatic heterocycles. The predicted molar refractivity (Wildman–Crippen MR) is 87.8 cm³/mol. The van der Waals surface area contributed by atoms with Crippen molar-refractivity contribution < 1.29 is 27.1 Å². The molecule has 2 heterocycles. The molecular formula is C17H23F4N3O2. The van der Waals surface area contributed by atoms with Gasteiger partial charge in [-0.25, -0.2) is 4.79 Å². The average molecular weight is 377 g/mol. The van der Waals surface area contributed by atoms with Gasteiger partial charge in [0, 0.05) is 19.1 Å². The van der Waals surface area contributed by atoms with E-state index in [-0.39, 0.29) is 19.0 Å². The molecule has 5 nitrogen and oxygen atoms in total. The first kappa shape index (κ1) is 20.3.